The van der Waals surface area contributed by atoms with Gasteiger partial charge in [-0.1, -0.05) is 12.1 Å². The zero-order valence-corrected chi connectivity index (χ0v) is 18.8. The summed E-state index contributed by atoms with van der Waals surface area (Å²) in [7, 11) is 1.63. The number of carbonyl (C=O) groups is 1. The Morgan fingerprint density at radius 1 is 1.23 bits per heavy atom. The molecule has 0 atom stereocenters. The molecule has 2 N–H and O–H groups in total. The first-order valence-electron chi connectivity index (χ1n) is 10.0. The highest BCUT2D eigenvalue weighted by molar-refractivity contribution is 7.71. The van der Waals surface area contributed by atoms with Gasteiger partial charge in [-0.05, 0) is 55.0 Å². The molecule has 0 aliphatic rings. The first kappa shape index (κ1) is 21.2. The van der Waals surface area contributed by atoms with Crippen LogP contribution in [-0.4, -0.2) is 39.3 Å². The molecule has 4 aromatic rings. The monoisotopic (exact) mass is 453 g/mol. The third-order valence-electron chi connectivity index (χ3n) is 4.90. The Morgan fingerprint density at radius 2 is 2.03 bits per heavy atom. The number of hydrogen-bond donors (Lipinski definition) is 2. The van der Waals surface area contributed by atoms with Crippen molar-refractivity contribution in [2.24, 2.45) is 0 Å². The molecule has 0 radical (unpaired) electrons. The number of nitrogens with zero attached hydrogens (tertiary/aromatic N) is 3. The molecule has 0 saturated carbocycles. The van der Waals surface area contributed by atoms with Gasteiger partial charge in [-0.25, -0.2) is 4.98 Å². The normalized spacial score (nSPS) is 11.0. The van der Waals surface area contributed by atoms with Gasteiger partial charge in [0.25, 0.3) is 0 Å². The summed E-state index contributed by atoms with van der Waals surface area (Å²) in [5.41, 5.74) is 1.94. The summed E-state index contributed by atoms with van der Waals surface area (Å²) < 4.78 is 8.74. The molecule has 0 aliphatic carbocycles. The number of hydrogen-bond acceptors (Lipinski definition) is 6. The van der Waals surface area contributed by atoms with Crippen LogP contribution in [0.2, 0.25) is 0 Å². The van der Waals surface area contributed by atoms with Gasteiger partial charge in [-0.15, -0.1) is 11.3 Å². The Balaban J connectivity index is 1.27. The van der Waals surface area contributed by atoms with Crippen molar-refractivity contribution in [3.8, 4) is 17.1 Å². The van der Waals surface area contributed by atoms with Crippen molar-refractivity contribution >= 4 is 39.7 Å². The molecule has 0 aliphatic heterocycles. The number of aromatic nitrogens is 4. The SMILES string of the molecule is COc1ccc(-c2n[nH]c(=S)n2CCC(=O)NCCCc2nc3ccccc3s2)cc1. The fourth-order valence-corrected chi connectivity index (χ4v) is 4.51. The maximum atomic E-state index is 12.3. The highest BCUT2D eigenvalue weighted by Gasteiger charge is 2.11. The number of ether oxygens (including phenoxy) is 1. The van der Waals surface area contributed by atoms with E-state index >= 15 is 0 Å². The lowest BCUT2D eigenvalue weighted by Gasteiger charge is -2.08. The third kappa shape index (κ3) is 5.18. The molecule has 0 fully saturated rings. The van der Waals surface area contributed by atoms with Gasteiger partial charge in [0.15, 0.2) is 10.6 Å². The van der Waals surface area contributed by atoms with Crippen LogP contribution in [0.25, 0.3) is 21.6 Å². The summed E-state index contributed by atoms with van der Waals surface area (Å²) in [5.74, 6) is 1.47. The first-order valence-corrected chi connectivity index (χ1v) is 11.3. The molecule has 4 rings (SSSR count). The molecule has 7 nitrogen and oxygen atoms in total. The third-order valence-corrected chi connectivity index (χ3v) is 6.30. The van der Waals surface area contributed by atoms with Gasteiger partial charge in [0, 0.05) is 31.5 Å². The molecular formula is C22H23N5O2S2. The molecule has 2 aromatic carbocycles. The van der Waals surface area contributed by atoms with Gasteiger partial charge in [0.05, 0.1) is 22.3 Å². The minimum Gasteiger partial charge on any atom is -0.497 e. The van der Waals surface area contributed by atoms with Crippen LogP contribution in [0, 0.1) is 4.77 Å². The van der Waals surface area contributed by atoms with Crippen molar-refractivity contribution in [3.63, 3.8) is 0 Å². The number of methoxy groups -OCH3 is 1. The Kier molecular flexibility index (Phi) is 6.73. The Labute approximate surface area is 189 Å². The van der Waals surface area contributed by atoms with E-state index in [1.54, 1.807) is 18.4 Å². The quantitative estimate of drug-likeness (QED) is 0.290. The zero-order valence-electron chi connectivity index (χ0n) is 17.1. The van der Waals surface area contributed by atoms with Crippen LogP contribution in [0.15, 0.2) is 48.5 Å². The Bertz CT molecular complexity index is 1190. The number of amides is 1. The maximum absolute atomic E-state index is 12.3. The number of H-pyrrole nitrogens is 1. The van der Waals surface area contributed by atoms with E-state index in [4.69, 9.17) is 17.0 Å². The molecule has 0 spiro atoms. The van der Waals surface area contributed by atoms with Crippen LogP contribution in [0.4, 0.5) is 0 Å². The zero-order chi connectivity index (χ0) is 21.6. The second kappa shape index (κ2) is 9.84. The fourth-order valence-electron chi connectivity index (χ4n) is 3.28. The van der Waals surface area contributed by atoms with Crippen LogP contribution in [0.5, 0.6) is 5.75 Å². The number of nitrogens with one attached hydrogen (secondary N) is 2. The van der Waals surface area contributed by atoms with Crippen molar-refractivity contribution < 1.29 is 9.53 Å². The summed E-state index contributed by atoms with van der Waals surface area (Å²) in [5, 5.41) is 11.2. The fraction of sp³-hybridized carbons (Fsp3) is 0.273. The molecule has 2 heterocycles. The number of carbonyl (C=O) groups excluding carboxylic acids is 1. The molecule has 31 heavy (non-hydrogen) atoms. The van der Waals surface area contributed by atoms with Gasteiger partial charge < -0.3 is 10.1 Å². The van der Waals surface area contributed by atoms with Crippen LogP contribution in [-0.2, 0) is 17.8 Å². The Morgan fingerprint density at radius 3 is 2.81 bits per heavy atom. The average molecular weight is 454 g/mol. The van der Waals surface area contributed by atoms with Gasteiger partial charge in [-0.2, -0.15) is 5.10 Å². The van der Waals surface area contributed by atoms with E-state index in [9.17, 15) is 4.79 Å². The molecule has 160 valence electrons. The lowest BCUT2D eigenvalue weighted by Crippen LogP contribution is -2.25. The minimum atomic E-state index is -0.00641. The number of aromatic amines is 1. The minimum absolute atomic E-state index is 0.00641. The largest absolute Gasteiger partial charge is 0.497 e. The molecule has 0 saturated heterocycles. The van der Waals surface area contributed by atoms with Crippen molar-refractivity contribution in [3.05, 3.63) is 58.3 Å². The van der Waals surface area contributed by atoms with E-state index in [0.717, 1.165) is 34.7 Å². The van der Waals surface area contributed by atoms with Gasteiger partial charge in [0.2, 0.25) is 5.91 Å². The van der Waals surface area contributed by atoms with Crippen LogP contribution in [0.3, 0.4) is 0 Å². The van der Waals surface area contributed by atoms with E-state index in [2.05, 4.69) is 26.6 Å². The van der Waals surface area contributed by atoms with Crippen molar-refractivity contribution in [2.45, 2.75) is 25.8 Å². The topological polar surface area (TPSA) is 84.8 Å². The second-order valence-corrected chi connectivity index (χ2v) is 8.51. The molecule has 2 aromatic heterocycles. The second-order valence-electron chi connectivity index (χ2n) is 7.01. The number of fused-ring (bicyclic) bond motifs is 1. The lowest BCUT2D eigenvalue weighted by molar-refractivity contribution is -0.121. The van der Waals surface area contributed by atoms with E-state index < -0.39 is 0 Å². The van der Waals surface area contributed by atoms with E-state index in [1.165, 1.54) is 4.70 Å². The molecule has 0 unspecified atom stereocenters. The molecular weight excluding hydrogens is 430 g/mol. The van der Waals surface area contributed by atoms with Gasteiger partial charge in [0.1, 0.15) is 5.75 Å². The maximum Gasteiger partial charge on any atom is 0.221 e. The van der Waals surface area contributed by atoms with Crippen molar-refractivity contribution in [2.75, 3.05) is 13.7 Å². The van der Waals surface area contributed by atoms with E-state index in [0.29, 0.717) is 30.1 Å². The number of thiazole rings is 1. The predicted octanol–water partition coefficient (Wildman–Crippen LogP) is 4.37. The van der Waals surface area contributed by atoms with Crippen LogP contribution >= 0.6 is 23.6 Å². The standard InChI is InChI=1S/C22H23N5O2S2/c1-29-16-10-8-15(9-11-16)21-25-26-22(30)27(21)14-12-19(28)23-13-4-7-20-24-17-5-2-3-6-18(17)31-20/h2-3,5-6,8-11H,4,7,12-14H2,1H3,(H,23,28)(H,26,30). The lowest BCUT2D eigenvalue weighted by atomic mass is 10.2. The molecule has 9 heteroatoms. The van der Waals surface area contributed by atoms with E-state index in [-0.39, 0.29) is 5.91 Å². The number of rotatable bonds is 9. The predicted molar refractivity (Wildman–Crippen MR) is 125 cm³/mol. The van der Waals surface area contributed by atoms with E-state index in [1.807, 2.05) is 47.0 Å². The average Bonchev–Trinajstić information content (AvgIpc) is 3.38. The molecule has 0 bridgehead atoms. The van der Waals surface area contributed by atoms with Crippen molar-refractivity contribution in [1.82, 2.24) is 25.1 Å². The highest BCUT2D eigenvalue weighted by Crippen LogP contribution is 2.23. The highest BCUT2D eigenvalue weighted by atomic mass is 32.1. The smallest absolute Gasteiger partial charge is 0.221 e. The summed E-state index contributed by atoms with van der Waals surface area (Å²) in [4.78, 5) is 16.9. The Hall–Kier alpha value is -3.04. The van der Waals surface area contributed by atoms with Crippen LogP contribution < -0.4 is 10.1 Å². The summed E-state index contributed by atoms with van der Waals surface area (Å²) in [6.07, 6.45) is 2.04. The van der Waals surface area contributed by atoms with Crippen molar-refractivity contribution in [1.29, 1.82) is 0 Å². The van der Waals surface area contributed by atoms with Gasteiger partial charge >= 0.3 is 0 Å². The number of para-hydroxylation sites is 1. The summed E-state index contributed by atoms with van der Waals surface area (Å²) in [6, 6.07) is 15.7. The summed E-state index contributed by atoms with van der Waals surface area (Å²) >= 11 is 7.05. The number of aryl methyl sites for hydroxylation is 1. The summed E-state index contributed by atoms with van der Waals surface area (Å²) in [6.45, 7) is 1.08. The number of benzene rings is 2. The molecule has 1 amide bonds. The van der Waals surface area contributed by atoms with Crippen LogP contribution in [0.1, 0.15) is 17.8 Å². The first-order chi connectivity index (χ1) is 15.1. The van der Waals surface area contributed by atoms with Gasteiger partial charge in [-0.3, -0.25) is 14.5 Å².